The van der Waals surface area contributed by atoms with E-state index in [0.29, 0.717) is 17.9 Å². The van der Waals surface area contributed by atoms with Crippen LogP contribution < -0.4 is 5.32 Å². The minimum atomic E-state index is -1.28. The van der Waals surface area contributed by atoms with Gasteiger partial charge in [0.25, 0.3) is 5.91 Å². The summed E-state index contributed by atoms with van der Waals surface area (Å²) in [4.78, 5) is 25.2. The highest BCUT2D eigenvalue weighted by atomic mass is 32.1. The first kappa shape index (κ1) is 14.0. The van der Waals surface area contributed by atoms with Crippen molar-refractivity contribution in [2.24, 2.45) is 0 Å². The number of carbonyl (C=O) groups excluding carboxylic acids is 1. The van der Waals surface area contributed by atoms with Gasteiger partial charge in [-0.15, -0.1) is 11.3 Å². The van der Waals surface area contributed by atoms with E-state index in [1.807, 2.05) is 19.9 Å². The standard InChI is InChI=1S/C13H17NO4S/c1-3-9-8(2)6-10(19-9)11(15)14-13(12(16)17)4-5-18-7-13/h6H,3-5,7H2,1-2H3,(H,14,15)(H,16,17). The molecule has 1 atom stereocenters. The lowest BCUT2D eigenvalue weighted by molar-refractivity contribution is -0.144. The van der Waals surface area contributed by atoms with E-state index in [1.165, 1.54) is 11.3 Å². The van der Waals surface area contributed by atoms with Crippen molar-refractivity contribution in [2.75, 3.05) is 13.2 Å². The first-order valence-electron chi connectivity index (χ1n) is 6.21. The van der Waals surface area contributed by atoms with E-state index in [0.717, 1.165) is 16.9 Å². The van der Waals surface area contributed by atoms with E-state index < -0.39 is 11.5 Å². The van der Waals surface area contributed by atoms with Crippen LogP contribution in [-0.4, -0.2) is 35.7 Å². The second-order valence-corrected chi connectivity index (χ2v) is 5.85. The quantitative estimate of drug-likeness (QED) is 0.880. The second kappa shape index (κ2) is 5.30. The van der Waals surface area contributed by atoms with Gasteiger partial charge in [0, 0.05) is 17.9 Å². The number of aryl methyl sites for hydroxylation is 2. The molecule has 0 aromatic carbocycles. The Kier molecular flexibility index (Phi) is 3.91. The predicted octanol–water partition coefficient (Wildman–Crippen LogP) is 1.59. The molecule has 1 aliphatic rings. The van der Waals surface area contributed by atoms with Gasteiger partial charge in [0.05, 0.1) is 11.5 Å². The molecule has 6 heteroatoms. The van der Waals surface area contributed by atoms with Gasteiger partial charge in [-0.2, -0.15) is 0 Å². The molecule has 0 saturated carbocycles. The largest absolute Gasteiger partial charge is 0.479 e. The van der Waals surface area contributed by atoms with E-state index >= 15 is 0 Å². The molecular formula is C13H17NO4S. The zero-order chi connectivity index (χ0) is 14.0. The van der Waals surface area contributed by atoms with Crippen molar-refractivity contribution in [3.05, 3.63) is 21.4 Å². The molecule has 19 heavy (non-hydrogen) atoms. The first-order valence-corrected chi connectivity index (χ1v) is 7.03. The van der Waals surface area contributed by atoms with E-state index in [4.69, 9.17) is 4.74 Å². The summed E-state index contributed by atoms with van der Waals surface area (Å²) < 4.78 is 5.12. The van der Waals surface area contributed by atoms with E-state index in [1.54, 1.807) is 0 Å². The monoisotopic (exact) mass is 283 g/mol. The highest BCUT2D eigenvalue weighted by Crippen LogP contribution is 2.25. The maximum atomic E-state index is 12.2. The number of nitrogens with one attached hydrogen (secondary N) is 1. The molecule has 1 fully saturated rings. The van der Waals surface area contributed by atoms with Crippen LogP contribution in [0.2, 0.25) is 0 Å². The van der Waals surface area contributed by atoms with Crippen molar-refractivity contribution in [1.82, 2.24) is 5.32 Å². The molecule has 2 heterocycles. The summed E-state index contributed by atoms with van der Waals surface area (Å²) in [5.41, 5.74) is -0.203. The normalized spacial score (nSPS) is 22.4. The fraction of sp³-hybridized carbons (Fsp3) is 0.538. The van der Waals surface area contributed by atoms with Gasteiger partial charge in [-0.05, 0) is 25.0 Å². The summed E-state index contributed by atoms with van der Waals surface area (Å²) in [6.07, 6.45) is 1.18. The average molecular weight is 283 g/mol. The summed E-state index contributed by atoms with van der Waals surface area (Å²) in [6, 6.07) is 1.81. The lowest BCUT2D eigenvalue weighted by Gasteiger charge is -2.23. The lowest BCUT2D eigenvalue weighted by Crippen LogP contribution is -2.55. The molecule has 1 amide bonds. The predicted molar refractivity (Wildman–Crippen MR) is 71.7 cm³/mol. The molecular weight excluding hydrogens is 266 g/mol. The highest BCUT2D eigenvalue weighted by Gasteiger charge is 2.44. The number of carboxylic acid groups (broad SMARTS) is 1. The fourth-order valence-electron chi connectivity index (χ4n) is 2.15. The Bertz CT molecular complexity index is 503. The van der Waals surface area contributed by atoms with Gasteiger partial charge >= 0.3 is 5.97 Å². The van der Waals surface area contributed by atoms with Gasteiger partial charge < -0.3 is 15.2 Å². The first-order chi connectivity index (χ1) is 8.98. The third kappa shape index (κ3) is 2.64. The van der Waals surface area contributed by atoms with Gasteiger partial charge in [0.15, 0.2) is 5.54 Å². The number of hydrogen-bond donors (Lipinski definition) is 2. The Balaban J connectivity index is 2.17. The van der Waals surface area contributed by atoms with Crippen LogP contribution in [0.1, 0.15) is 33.5 Å². The smallest absolute Gasteiger partial charge is 0.331 e. The maximum Gasteiger partial charge on any atom is 0.331 e. The van der Waals surface area contributed by atoms with Crippen LogP contribution in [0.25, 0.3) is 0 Å². The fourth-order valence-corrected chi connectivity index (χ4v) is 3.16. The zero-order valence-electron chi connectivity index (χ0n) is 11.0. The lowest BCUT2D eigenvalue weighted by atomic mass is 9.99. The Labute approximate surface area is 115 Å². The number of carbonyl (C=O) groups is 2. The summed E-state index contributed by atoms with van der Waals surface area (Å²) >= 11 is 1.42. The minimum absolute atomic E-state index is 0.0269. The molecule has 2 N–H and O–H groups in total. The van der Waals surface area contributed by atoms with Crippen LogP contribution in [0.15, 0.2) is 6.07 Å². The number of carboxylic acids is 1. The molecule has 1 aromatic rings. The van der Waals surface area contributed by atoms with Gasteiger partial charge in [-0.1, -0.05) is 6.92 Å². The summed E-state index contributed by atoms with van der Waals surface area (Å²) in [5, 5.41) is 11.9. The molecule has 0 aliphatic carbocycles. The number of thiophene rings is 1. The van der Waals surface area contributed by atoms with Gasteiger partial charge in [0.2, 0.25) is 0 Å². The Morgan fingerprint density at radius 2 is 2.32 bits per heavy atom. The van der Waals surface area contributed by atoms with Gasteiger partial charge in [0.1, 0.15) is 0 Å². The topological polar surface area (TPSA) is 75.6 Å². The molecule has 0 bridgehead atoms. The Morgan fingerprint density at radius 3 is 2.79 bits per heavy atom. The average Bonchev–Trinajstić information content (AvgIpc) is 2.96. The highest BCUT2D eigenvalue weighted by molar-refractivity contribution is 7.14. The van der Waals surface area contributed by atoms with Crippen molar-refractivity contribution >= 4 is 23.2 Å². The molecule has 1 aliphatic heterocycles. The molecule has 1 aromatic heterocycles. The van der Waals surface area contributed by atoms with E-state index in [9.17, 15) is 14.7 Å². The van der Waals surface area contributed by atoms with Gasteiger partial charge in [-0.25, -0.2) is 4.79 Å². The summed E-state index contributed by atoms with van der Waals surface area (Å²) in [7, 11) is 0. The molecule has 104 valence electrons. The van der Waals surface area contributed by atoms with Crippen LogP contribution in [0, 0.1) is 6.92 Å². The molecule has 1 saturated heterocycles. The molecule has 0 radical (unpaired) electrons. The molecule has 2 rings (SSSR count). The van der Waals surface area contributed by atoms with Crippen molar-refractivity contribution in [2.45, 2.75) is 32.2 Å². The molecule has 5 nitrogen and oxygen atoms in total. The number of hydrogen-bond acceptors (Lipinski definition) is 4. The third-order valence-electron chi connectivity index (χ3n) is 3.35. The number of ether oxygens (including phenoxy) is 1. The van der Waals surface area contributed by atoms with Crippen molar-refractivity contribution in [1.29, 1.82) is 0 Å². The number of rotatable bonds is 4. The van der Waals surface area contributed by atoms with Crippen LogP contribution >= 0.6 is 11.3 Å². The Hall–Kier alpha value is -1.40. The summed E-state index contributed by atoms with van der Waals surface area (Å²) in [6.45, 7) is 4.37. The number of aliphatic carboxylic acids is 1. The minimum Gasteiger partial charge on any atom is -0.479 e. The van der Waals surface area contributed by atoms with Gasteiger partial charge in [-0.3, -0.25) is 4.79 Å². The van der Waals surface area contributed by atoms with Crippen molar-refractivity contribution in [3.63, 3.8) is 0 Å². The maximum absolute atomic E-state index is 12.2. The van der Waals surface area contributed by atoms with Crippen molar-refractivity contribution in [3.8, 4) is 0 Å². The SMILES string of the molecule is CCc1sc(C(=O)NC2(C(=O)O)CCOC2)cc1C. The third-order valence-corrected chi connectivity index (χ3v) is 4.73. The Morgan fingerprint density at radius 1 is 1.58 bits per heavy atom. The molecule has 0 spiro atoms. The van der Waals surface area contributed by atoms with Crippen LogP contribution in [0.5, 0.6) is 0 Å². The van der Waals surface area contributed by atoms with Crippen molar-refractivity contribution < 1.29 is 19.4 Å². The molecule has 1 unspecified atom stereocenters. The van der Waals surface area contributed by atoms with E-state index in [-0.39, 0.29) is 12.5 Å². The van der Waals surface area contributed by atoms with Crippen LogP contribution in [0.3, 0.4) is 0 Å². The summed E-state index contributed by atoms with van der Waals surface area (Å²) in [5.74, 6) is -1.37. The zero-order valence-corrected chi connectivity index (χ0v) is 11.8. The number of amides is 1. The van der Waals surface area contributed by atoms with E-state index in [2.05, 4.69) is 5.32 Å². The van der Waals surface area contributed by atoms with Crippen LogP contribution in [0.4, 0.5) is 0 Å². The second-order valence-electron chi connectivity index (χ2n) is 4.71. The van der Waals surface area contributed by atoms with Crippen LogP contribution in [-0.2, 0) is 16.0 Å².